The van der Waals surface area contributed by atoms with Crippen molar-refractivity contribution in [1.82, 2.24) is 19.5 Å². The summed E-state index contributed by atoms with van der Waals surface area (Å²) < 4.78 is 20.4. The Balaban J connectivity index is 1.62. The third-order valence-electron chi connectivity index (χ3n) is 6.31. The first kappa shape index (κ1) is 21.3. The van der Waals surface area contributed by atoms with Crippen LogP contribution >= 0.6 is 0 Å². The van der Waals surface area contributed by atoms with E-state index in [1.165, 1.54) is 0 Å². The molecule has 1 unspecified atom stereocenters. The molecule has 1 aliphatic heterocycles. The molecule has 1 saturated heterocycles. The van der Waals surface area contributed by atoms with Crippen LogP contribution in [0.2, 0.25) is 0 Å². The molecule has 2 N–H and O–H groups in total. The first-order valence-electron chi connectivity index (χ1n) is 11.3. The van der Waals surface area contributed by atoms with Crippen molar-refractivity contribution in [2.45, 2.75) is 56.6 Å². The normalized spacial score (nSPS) is 21.1. The Morgan fingerprint density at radius 3 is 2.78 bits per heavy atom. The maximum absolute atomic E-state index is 12.8. The number of anilines is 2. The Bertz CT molecular complexity index is 1170. The van der Waals surface area contributed by atoms with Crippen LogP contribution in [0.4, 0.5) is 11.6 Å². The molecule has 3 atom stereocenters. The van der Waals surface area contributed by atoms with Gasteiger partial charge in [-0.3, -0.25) is 8.78 Å². The molecule has 32 heavy (non-hydrogen) atoms. The van der Waals surface area contributed by atoms with E-state index in [9.17, 15) is 4.21 Å². The number of ether oxygens (including phenoxy) is 1. The van der Waals surface area contributed by atoms with Crippen LogP contribution in [-0.2, 0) is 22.0 Å². The number of benzene rings is 1. The van der Waals surface area contributed by atoms with Crippen molar-refractivity contribution >= 4 is 33.5 Å². The fourth-order valence-corrected chi connectivity index (χ4v) is 6.04. The molecule has 3 aromatic rings. The van der Waals surface area contributed by atoms with Gasteiger partial charge in [0.1, 0.15) is 17.5 Å². The summed E-state index contributed by atoms with van der Waals surface area (Å²) in [6.07, 6.45) is 2.71. The Morgan fingerprint density at radius 2 is 2.03 bits per heavy atom. The van der Waals surface area contributed by atoms with E-state index in [1.807, 2.05) is 42.7 Å². The molecule has 2 aliphatic rings. The Hall–Kier alpha value is -2.52. The number of nitrogens with zero attached hydrogens (tertiary/aromatic N) is 5. The van der Waals surface area contributed by atoms with E-state index in [4.69, 9.17) is 20.4 Å². The molecule has 0 amide bonds. The lowest BCUT2D eigenvalue weighted by Crippen LogP contribution is -2.45. The fourth-order valence-electron chi connectivity index (χ4n) is 4.45. The van der Waals surface area contributed by atoms with Crippen molar-refractivity contribution in [3.8, 4) is 5.95 Å². The van der Waals surface area contributed by atoms with Crippen LogP contribution in [0.3, 0.4) is 0 Å². The summed E-state index contributed by atoms with van der Waals surface area (Å²) >= 11 is 0. The summed E-state index contributed by atoms with van der Waals surface area (Å²) in [5, 5.41) is 0.335. The third kappa shape index (κ3) is 3.88. The molecular weight excluding hydrogens is 424 g/mol. The summed E-state index contributed by atoms with van der Waals surface area (Å²) in [5.74, 6) is 2.59. The van der Waals surface area contributed by atoms with E-state index in [-0.39, 0.29) is 11.3 Å². The lowest BCUT2D eigenvalue weighted by Gasteiger charge is -2.36. The van der Waals surface area contributed by atoms with E-state index in [0.29, 0.717) is 36.7 Å². The highest BCUT2D eigenvalue weighted by molar-refractivity contribution is 7.86. The number of fused-ring (bicyclic) bond motifs is 1. The summed E-state index contributed by atoms with van der Waals surface area (Å²) in [5.41, 5.74) is 9.29. The Morgan fingerprint density at radius 1 is 1.25 bits per heavy atom. The van der Waals surface area contributed by atoms with Gasteiger partial charge in [0.25, 0.3) is 0 Å². The average Bonchev–Trinajstić information content (AvgIpc) is 3.57. The molecule has 1 aromatic carbocycles. The highest BCUT2D eigenvalue weighted by Gasteiger charge is 2.33. The lowest BCUT2D eigenvalue weighted by atomic mass is 10.1. The number of hydrogen-bond acceptors (Lipinski definition) is 7. The minimum Gasteiger partial charge on any atom is -0.383 e. The quantitative estimate of drug-likeness (QED) is 0.611. The number of rotatable bonds is 6. The molecule has 0 spiro atoms. The topological polar surface area (TPSA) is 99.2 Å². The monoisotopic (exact) mass is 454 g/mol. The molecule has 2 fully saturated rings. The van der Waals surface area contributed by atoms with E-state index in [1.54, 1.807) is 0 Å². The second-order valence-electron chi connectivity index (χ2n) is 8.85. The van der Waals surface area contributed by atoms with Crippen molar-refractivity contribution < 1.29 is 8.95 Å². The molecule has 1 saturated carbocycles. The van der Waals surface area contributed by atoms with E-state index in [2.05, 4.69) is 16.8 Å². The standard InChI is InChI=1S/C23H30N6O2S/c1-14-13-31-11-10-28(14)22-18(12-15(2)32(30)17-8-9-17)21(24)26-23(27-22)29-16(3)25-19-6-4-5-7-20(19)29/h4-7,14-15,17H,8-13H2,1-3H3,(H2,24,26,27)/t14-,15+,32?/m1/s1. The van der Waals surface area contributed by atoms with E-state index in [0.717, 1.165) is 47.6 Å². The van der Waals surface area contributed by atoms with Gasteiger partial charge in [0.05, 0.1) is 30.3 Å². The summed E-state index contributed by atoms with van der Waals surface area (Å²) in [4.78, 5) is 16.7. The van der Waals surface area contributed by atoms with Crippen LogP contribution in [0.1, 0.15) is 38.1 Å². The van der Waals surface area contributed by atoms with E-state index < -0.39 is 10.8 Å². The number of aryl methyl sites for hydroxylation is 1. The van der Waals surface area contributed by atoms with Crippen molar-refractivity contribution in [1.29, 1.82) is 0 Å². The van der Waals surface area contributed by atoms with Gasteiger partial charge in [-0.2, -0.15) is 9.97 Å². The Labute approximate surface area is 190 Å². The summed E-state index contributed by atoms with van der Waals surface area (Å²) in [6.45, 7) is 8.13. The van der Waals surface area contributed by atoms with Gasteiger partial charge < -0.3 is 15.4 Å². The highest BCUT2D eigenvalue weighted by Crippen LogP contribution is 2.33. The maximum Gasteiger partial charge on any atom is 0.239 e. The Kier molecular flexibility index (Phi) is 5.63. The summed E-state index contributed by atoms with van der Waals surface area (Å²) in [6, 6.07) is 8.11. The fraction of sp³-hybridized carbons (Fsp3) is 0.522. The van der Waals surface area contributed by atoms with Gasteiger partial charge in [-0.15, -0.1) is 0 Å². The smallest absolute Gasteiger partial charge is 0.239 e. The van der Waals surface area contributed by atoms with Crippen molar-refractivity contribution in [2.24, 2.45) is 0 Å². The van der Waals surface area contributed by atoms with Gasteiger partial charge in [-0.1, -0.05) is 19.1 Å². The number of para-hydroxylation sites is 2. The molecule has 3 heterocycles. The first-order chi connectivity index (χ1) is 15.4. The molecule has 170 valence electrons. The summed E-state index contributed by atoms with van der Waals surface area (Å²) in [7, 11) is -0.863. The van der Waals surface area contributed by atoms with Crippen molar-refractivity contribution in [3.63, 3.8) is 0 Å². The third-order valence-corrected chi connectivity index (χ3v) is 8.40. The number of hydrogen-bond donors (Lipinski definition) is 1. The number of morpholine rings is 1. The second-order valence-corrected chi connectivity index (χ2v) is 11.0. The molecule has 8 nitrogen and oxygen atoms in total. The van der Waals surface area contributed by atoms with Crippen LogP contribution in [0.5, 0.6) is 0 Å². The predicted molar refractivity (Wildman–Crippen MR) is 128 cm³/mol. The largest absolute Gasteiger partial charge is 0.383 e. The first-order valence-corrected chi connectivity index (χ1v) is 12.6. The molecule has 9 heteroatoms. The van der Waals surface area contributed by atoms with Crippen LogP contribution < -0.4 is 10.6 Å². The van der Waals surface area contributed by atoms with Crippen molar-refractivity contribution in [2.75, 3.05) is 30.4 Å². The average molecular weight is 455 g/mol. The number of aromatic nitrogens is 4. The second kappa shape index (κ2) is 8.44. The van der Waals surface area contributed by atoms with E-state index >= 15 is 0 Å². The van der Waals surface area contributed by atoms with Crippen molar-refractivity contribution in [3.05, 3.63) is 35.7 Å². The SMILES string of the molecule is Cc1nc2ccccc2n1-c1nc(N)c(C[C@H](C)S(=O)C2CC2)c(N2CCOC[C@H]2C)n1. The van der Waals surface area contributed by atoms with Gasteiger partial charge in [-0.05, 0) is 45.2 Å². The van der Waals surface area contributed by atoms with Gasteiger partial charge in [0.2, 0.25) is 5.95 Å². The zero-order valence-electron chi connectivity index (χ0n) is 18.8. The highest BCUT2D eigenvalue weighted by atomic mass is 32.2. The predicted octanol–water partition coefficient (Wildman–Crippen LogP) is 2.77. The zero-order chi connectivity index (χ0) is 22.4. The molecule has 0 bridgehead atoms. The van der Waals surface area contributed by atoms with Crippen LogP contribution in [-0.4, -0.2) is 60.0 Å². The van der Waals surface area contributed by atoms with Gasteiger partial charge in [-0.25, -0.2) is 4.98 Å². The maximum atomic E-state index is 12.8. The number of nitrogens with two attached hydrogens (primary N) is 1. The lowest BCUT2D eigenvalue weighted by molar-refractivity contribution is 0.0984. The van der Waals surface area contributed by atoms with Crippen LogP contribution in [0, 0.1) is 6.92 Å². The number of imidazole rings is 1. The number of nitrogen functional groups attached to an aromatic ring is 1. The van der Waals surface area contributed by atoms with Gasteiger partial charge in [0.15, 0.2) is 0 Å². The molecular formula is C23H30N6O2S. The molecule has 0 radical (unpaired) electrons. The molecule has 5 rings (SSSR count). The van der Waals surface area contributed by atoms with Gasteiger partial charge in [0, 0.05) is 33.4 Å². The molecule has 2 aromatic heterocycles. The molecule has 1 aliphatic carbocycles. The minimum atomic E-state index is -0.863. The zero-order valence-corrected chi connectivity index (χ0v) is 19.6. The van der Waals surface area contributed by atoms with Crippen LogP contribution in [0.25, 0.3) is 17.0 Å². The minimum absolute atomic E-state index is 0.00478. The van der Waals surface area contributed by atoms with Crippen LogP contribution in [0.15, 0.2) is 24.3 Å². The van der Waals surface area contributed by atoms with Gasteiger partial charge >= 0.3 is 0 Å².